The van der Waals surface area contributed by atoms with Gasteiger partial charge in [-0.1, -0.05) is 17.7 Å². The van der Waals surface area contributed by atoms with Crippen LogP contribution in [0.4, 0.5) is 0 Å². The Morgan fingerprint density at radius 2 is 2.19 bits per heavy atom. The highest BCUT2D eigenvalue weighted by Crippen LogP contribution is 2.28. The van der Waals surface area contributed by atoms with Crippen molar-refractivity contribution in [1.29, 1.82) is 0 Å². The van der Waals surface area contributed by atoms with Gasteiger partial charge in [0.1, 0.15) is 10.6 Å². The van der Waals surface area contributed by atoms with Crippen molar-refractivity contribution < 1.29 is 9.53 Å². The third kappa shape index (κ3) is 2.64. The molecule has 82 valence electrons. The maximum Gasteiger partial charge on any atom is 0.353 e. The van der Waals surface area contributed by atoms with E-state index in [-0.39, 0.29) is 5.97 Å². The van der Waals surface area contributed by atoms with Crippen molar-refractivity contribution in [3.05, 3.63) is 50.1 Å². The van der Waals surface area contributed by atoms with Crippen LogP contribution in [0.15, 0.2) is 40.2 Å². The molecule has 0 atom stereocenters. The van der Waals surface area contributed by atoms with Crippen molar-refractivity contribution in [3.8, 4) is 5.75 Å². The molecular formula is C11H6BrClO2S. The van der Waals surface area contributed by atoms with Gasteiger partial charge in [0.25, 0.3) is 0 Å². The van der Waals surface area contributed by atoms with Gasteiger partial charge in [-0.3, -0.25) is 0 Å². The summed E-state index contributed by atoms with van der Waals surface area (Å²) in [6.07, 6.45) is 0. The van der Waals surface area contributed by atoms with E-state index < -0.39 is 0 Å². The van der Waals surface area contributed by atoms with Crippen molar-refractivity contribution in [2.75, 3.05) is 0 Å². The van der Waals surface area contributed by atoms with Gasteiger partial charge in [0.2, 0.25) is 0 Å². The number of rotatable bonds is 2. The molecule has 0 N–H and O–H groups in total. The molecule has 0 saturated heterocycles. The van der Waals surface area contributed by atoms with Crippen molar-refractivity contribution in [2.24, 2.45) is 0 Å². The number of halogens is 2. The van der Waals surface area contributed by atoms with Crippen molar-refractivity contribution >= 4 is 44.8 Å². The van der Waals surface area contributed by atoms with E-state index in [0.29, 0.717) is 20.1 Å². The predicted octanol–water partition coefficient (Wildman–Crippen LogP) is 4.38. The number of carbonyl (C=O) groups is 1. The molecule has 1 heterocycles. The maximum atomic E-state index is 11.6. The standard InChI is InChI=1S/C11H6BrClO2S/c12-8-6-7(13)3-4-9(8)15-11(14)10-2-1-5-16-10/h1-6H. The van der Waals surface area contributed by atoms with Gasteiger partial charge in [0, 0.05) is 5.02 Å². The monoisotopic (exact) mass is 316 g/mol. The zero-order chi connectivity index (χ0) is 11.5. The first-order chi connectivity index (χ1) is 7.66. The second kappa shape index (κ2) is 4.99. The van der Waals surface area contributed by atoms with Gasteiger partial charge in [0.15, 0.2) is 0 Å². The molecule has 0 unspecified atom stereocenters. The molecule has 2 rings (SSSR count). The van der Waals surface area contributed by atoms with E-state index in [2.05, 4.69) is 15.9 Å². The van der Waals surface area contributed by atoms with Crippen LogP contribution < -0.4 is 4.74 Å². The summed E-state index contributed by atoms with van der Waals surface area (Å²) in [7, 11) is 0. The van der Waals surface area contributed by atoms with Crippen LogP contribution in [0.1, 0.15) is 9.67 Å². The third-order valence-electron chi connectivity index (χ3n) is 1.82. The van der Waals surface area contributed by atoms with Gasteiger partial charge < -0.3 is 4.74 Å². The molecule has 1 aromatic heterocycles. The lowest BCUT2D eigenvalue weighted by molar-refractivity contribution is 0.0738. The van der Waals surface area contributed by atoms with Crippen LogP contribution in [0, 0.1) is 0 Å². The number of carbonyl (C=O) groups excluding carboxylic acids is 1. The summed E-state index contributed by atoms with van der Waals surface area (Å²) in [6, 6.07) is 8.52. The lowest BCUT2D eigenvalue weighted by Gasteiger charge is -2.05. The molecule has 0 aliphatic rings. The molecule has 0 spiro atoms. The van der Waals surface area contributed by atoms with Crippen molar-refractivity contribution in [1.82, 2.24) is 0 Å². The van der Waals surface area contributed by atoms with E-state index in [9.17, 15) is 4.79 Å². The Kier molecular flexibility index (Phi) is 3.63. The molecule has 0 amide bonds. The minimum absolute atomic E-state index is 0.363. The molecule has 1 aromatic carbocycles. The second-order valence-electron chi connectivity index (χ2n) is 2.94. The fourth-order valence-corrected chi connectivity index (χ4v) is 2.47. The summed E-state index contributed by atoms with van der Waals surface area (Å²) in [4.78, 5) is 12.2. The van der Waals surface area contributed by atoms with E-state index >= 15 is 0 Å². The van der Waals surface area contributed by atoms with E-state index in [0.717, 1.165) is 0 Å². The van der Waals surface area contributed by atoms with Crippen molar-refractivity contribution in [2.45, 2.75) is 0 Å². The molecule has 0 saturated carbocycles. The number of benzene rings is 1. The summed E-state index contributed by atoms with van der Waals surface area (Å²) in [5.41, 5.74) is 0. The summed E-state index contributed by atoms with van der Waals surface area (Å²) in [5, 5.41) is 2.41. The van der Waals surface area contributed by atoms with E-state index in [1.165, 1.54) is 11.3 Å². The summed E-state index contributed by atoms with van der Waals surface area (Å²) >= 11 is 10.4. The minimum Gasteiger partial charge on any atom is -0.421 e. The fraction of sp³-hybridized carbons (Fsp3) is 0. The number of hydrogen-bond donors (Lipinski definition) is 0. The second-order valence-corrected chi connectivity index (χ2v) is 5.18. The molecule has 2 aromatic rings. The van der Waals surface area contributed by atoms with E-state index in [1.807, 2.05) is 5.38 Å². The highest BCUT2D eigenvalue weighted by molar-refractivity contribution is 9.10. The van der Waals surface area contributed by atoms with Gasteiger partial charge in [-0.15, -0.1) is 11.3 Å². The Morgan fingerprint density at radius 3 is 2.81 bits per heavy atom. The number of esters is 1. The number of thiophene rings is 1. The predicted molar refractivity (Wildman–Crippen MR) is 68.4 cm³/mol. The zero-order valence-electron chi connectivity index (χ0n) is 7.94. The fourth-order valence-electron chi connectivity index (χ4n) is 1.10. The van der Waals surface area contributed by atoms with Gasteiger partial charge in [0.05, 0.1) is 4.47 Å². The summed E-state index contributed by atoms with van der Waals surface area (Å²) in [5.74, 6) is 0.0980. The first-order valence-electron chi connectivity index (χ1n) is 4.37. The lowest BCUT2D eigenvalue weighted by Crippen LogP contribution is -2.06. The third-order valence-corrected chi connectivity index (χ3v) is 3.52. The topological polar surface area (TPSA) is 26.3 Å². The van der Waals surface area contributed by atoms with Crippen LogP contribution >= 0.6 is 38.9 Å². The molecule has 0 radical (unpaired) electrons. The molecule has 0 aliphatic heterocycles. The largest absolute Gasteiger partial charge is 0.421 e. The summed E-state index contributed by atoms with van der Waals surface area (Å²) < 4.78 is 5.87. The molecule has 0 bridgehead atoms. The highest BCUT2D eigenvalue weighted by Gasteiger charge is 2.11. The number of hydrogen-bond acceptors (Lipinski definition) is 3. The minimum atomic E-state index is -0.363. The first kappa shape index (κ1) is 11.6. The van der Waals surface area contributed by atoms with Crippen LogP contribution in [-0.4, -0.2) is 5.97 Å². The van der Waals surface area contributed by atoms with Crippen molar-refractivity contribution in [3.63, 3.8) is 0 Å². The number of ether oxygens (including phenoxy) is 1. The van der Waals surface area contributed by atoms with Crippen LogP contribution in [0.25, 0.3) is 0 Å². The highest BCUT2D eigenvalue weighted by atomic mass is 79.9. The van der Waals surface area contributed by atoms with Gasteiger partial charge in [-0.25, -0.2) is 4.79 Å². The Balaban J connectivity index is 2.18. The Morgan fingerprint density at radius 1 is 1.38 bits per heavy atom. The van der Waals surface area contributed by atoms with Gasteiger partial charge in [-0.2, -0.15) is 0 Å². The maximum absolute atomic E-state index is 11.6. The van der Waals surface area contributed by atoms with Crippen LogP contribution in [0.2, 0.25) is 5.02 Å². The van der Waals surface area contributed by atoms with E-state index in [1.54, 1.807) is 30.3 Å². The zero-order valence-corrected chi connectivity index (χ0v) is 11.1. The first-order valence-corrected chi connectivity index (χ1v) is 6.42. The quantitative estimate of drug-likeness (QED) is 0.607. The SMILES string of the molecule is O=C(Oc1ccc(Cl)cc1Br)c1cccs1. The Bertz CT molecular complexity index is 511. The molecule has 0 aliphatic carbocycles. The Hall–Kier alpha value is -0.840. The molecule has 2 nitrogen and oxygen atoms in total. The van der Waals surface area contributed by atoms with Crippen LogP contribution in [-0.2, 0) is 0 Å². The lowest BCUT2D eigenvalue weighted by atomic mass is 10.3. The van der Waals surface area contributed by atoms with Crippen LogP contribution in [0.3, 0.4) is 0 Å². The summed E-state index contributed by atoms with van der Waals surface area (Å²) in [6.45, 7) is 0. The smallest absolute Gasteiger partial charge is 0.353 e. The van der Waals surface area contributed by atoms with Crippen LogP contribution in [0.5, 0.6) is 5.75 Å². The normalized spacial score (nSPS) is 10.1. The molecule has 0 fully saturated rings. The molecule has 5 heteroatoms. The van der Waals surface area contributed by atoms with E-state index in [4.69, 9.17) is 16.3 Å². The Labute approximate surface area is 110 Å². The van der Waals surface area contributed by atoms with Gasteiger partial charge >= 0.3 is 5.97 Å². The van der Waals surface area contributed by atoms with Gasteiger partial charge in [-0.05, 0) is 45.6 Å². The molecular weight excluding hydrogens is 312 g/mol. The average molecular weight is 318 g/mol. The average Bonchev–Trinajstić information content (AvgIpc) is 2.75. The molecule has 16 heavy (non-hydrogen) atoms.